The van der Waals surface area contributed by atoms with E-state index in [-0.39, 0.29) is 18.0 Å². The van der Waals surface area contributed by atoms with E-state index in [1.807, 2.05) is 13.0 Å². The van der Waals surface area contributed by atoms with Gasteiger partial charge in [-0.05, 0) is 49.2 Å². The highest BCUT2D eigenvalue weighted by atomic mass is 28.4. The van der Waals surface area contributed by atoms with Gasteiger partial charge < -0.3 is 14.3 Å². The van der Waals surface area contributed by atoms with Gasteiger partial charge in [0.05, 0.1) is 24.7 Å². The van der Waals surface area contributed by atoms with E-state index in [1.165, 1.54) is 7.11 Å². The number of rotatable bonds is 6. The molecule has 4 atom stereocenters. The van der Waals surface area contributed by atoms with E-state index < -0.39 is 19.3 Å². The number of hydrogen-bond acceptors (Lipinski definition) is 4. The molecule has 5 heteroatoms. The SMILES string of the molecule is COC(=O)[C@@H]1C=C[C@]2(CC1)[C@H](O[Si](C(C)C)(C(C)C)C(C)C)CC[C@@]2(C)O. The summed E-state index contributed by atoms with van der Waals surface area (Å²) in [4.78, 5) is 11.9. The molecule has 0 amide bonds. The fourth-order valence-electron chi connectivity index (χ4n) is 5.99. The Morgan fingerprint density at radius 1 is 1.07 bits per heavy atom. The van der Waals surface area contributed by atoms with Gasteiger partial charge in [-0.15, -0.1) is 0 Å². The molecule has 0 bridgehead atoms. The van der Waals surface area contributed by atoms with Crippen molar-refractivity contribution in [2.24, 2.45) is 11.3 Å². The van der Waals surface area contributed by atoms with Crippen molar-refractivity contribution in [1.82, 2.24) is 0 Å². The maximum atomic E-state index is 11.9. The number of aliphatic hydroxyl groups is 1. The lowest BCUT2D eigenvalue weighted by molar-refractivity contribution is -0.145. The number of carbonyl (C=O) groups is 1. The second kappa shape index (κ2) is 8.00. The summed E-state index contributed by atoms with van der Waals surface area (Å²) in [5.41, 5.74) is 0.316. The standard InChI is InChI=1S/C22H40O4Si/c1-15(2)27(16(3)4,17(5)6)26-19-11-12-21(7,24)22(19)13-9-18(10-14-22)20(23)25-8/h9,13,15-19,24H,10-12,14H2,1-8H3/t18-,19-,21-,22+/m1/s1. The van der Waals surface area contributed by atoms with E-state index >= 15 is 0 Å². The van der Waals surface area contributed by atoms with Gasteiger partial charge in [-0.3, -0.25) is 4.79 Å². The highest BCUT2D eigenvalue weighted by Gasteiger charge is 2.60. The smallest absolute Gasteiger partial charge is 0.312 e. The molecule has 2 aliphatic carbocycles. The van der Waals surface area contributed by atoms with E-state index in [9.17, 15) is 9.90 Å². The molecule has 156 valence electrons. The molecule has 0 aliphatic heterocycles. The molecule has 1 N–H and O–H groups in total. The largest absolute Gasteiger partial charge is 0.469 e. The monoisotopic (exact) mass is 396 g/mol. The van der Waals surface area contributed by atoms with Crippen molar-refractivity contribution < 1.29 is 19.1 Å². The van der Waals surface area contributed by atoms with Crippen LogP contribution in [0.2, 0.25) is 16.6 Å². The van der Waals surface area contributed by atoms with Gasteiger partial charge in [0, 0.05) is 5.41 Å². The van der Waals surface area contributed by atoms with Gasteiger partial charge in [0.1, 0.15) is 0 Å². The Hall–Kier alpha value is -0.653. The zero-order valence-corrected chi connectivity index (χ0v) is 19.5. The number of methoxy groups -OCH3 is 1. The van der Waals surface area contributed by atoms with Crippen LogP contribution in [0.1, 0.15) is 74.1 Å². The van der Waals surface area contributed by atoms with Crippen LogP contribution in [-0.2, 0) is 14.0 Å². The third-order valence-corrected chi connectivity index (χ3v) is 13.6. The highest BCUT2D eigenvalue weighted by molar-refractivity contribution is 6.77. The fraction of sp³-hybridized carbons (Fsp3) is 0.864. The molecule has 0 aromatic rings. The van der Waals surface area contributed by atoms with Crippen molar-refractivity contribution in [1.29, 1.82) is 0 Å². The highest BCUT2D eigenvalue weighted by Crippen LogP contribution is 2.57. The van der Waals surface area contributed by atoms with E-state index in [4.69, 9.17) is 9.16 Å². The van der Waals surface area contributed by atoms with Crippen molar-refractivity contribution in [3.05, 3.63) is 12.2 Å². The molecule has 0 radical (unpaired) electrons. The average molecular weight is 397 g/mol. The van der Waals surface area contributed by atoms with Gasteiger partial charge in [-0.2, -0.15) is 0 Å². The molecule has 1 spiro atoms. The van der Waals surface area contributed by atoms with Crippen LogP contribution >= 0.6 is 0 Å². The molecule has 0 saturated heterocycles. The van der Waals surface area contributed by atoms with Gasteiger partial charge in [0.2, 0.25) is 8.32 Å². The number of ether oxygens (including phenoxy) is 1. The Kier molecular flexibility index (Phi) is 6.70. The Labute approximate surface area is 166 Å². The molecule has 27 heavy (non-hydrogen) atoms. The Morgan fingerprint density at radius 3 is 2.04 bits per heavy atom. The Balaban J connectivity index is 2.40. The van der Waals surface area contributed by atoms with E-state index in [0.29, 0.717) is 23.0 Å². The normalized spacial score (nSPS) is 34.2. The first-order valence-electron chi connectivity index (χ1n) is 10.6. The molecule has 2 aliphatic rings. The lowest BCUT2D eigenvalue weighted by Crippen LogP contribution is -2.56. The van der Waals surface area contributed by atoms with Gasteiger partial charge in [0.15, 0.2) is 0 Å². The van der Waals surface area contributed by atoms with Crippen LogP contribution in [0.25, 0.3) is 0 Å². The summed E-state index contributed by atoms with van der Waals surface area (Å²) in [5, 5.41) is 11.3. The zero-order chi connectivity index (χ0) is 20.6. The summed E-state index contributed by atoms with van der Waals surface area (Å²) >= 11 is 0. The maximum absolute atomic E-state index is 11.9. The summed E-state index contributed by atoms with van der Waals surface area (Å²) in [5.74, 6) is -0.397. The number of esters is 1. The Bertz CT molecular complexity index is 545. The third-order valence-electron chi connectivity index (χ3n) is 7.52. The van der Waals surface area contributed by atoms with Crippen LogP contribution in [0, 0.1) is 11.3 Å². The van der Waals surface area contributed by atoms with E-state index in [0.717, 1.165) is 19.3 Å². The molecule has 1 fully saturated rings. The van der Waals surface area contributed by atoms with Crippen LogP contribution < -0.4 is 0 Å². The first-order chi connectivity index (χ1) is 12.4. The van der Waals surface area contributed by atoms with Crippen LogP contribution in [-0.4, -0.2) is 38.2 Å². The average Bonchev–Trinajstić information content (AvgIpc) is 2.82. The minimum Gasteiger partial charge on any atom is -0.469 e. The predicted octanol–water partition coefficient (Wildman–Crippen LogP) is 5.22. The van der Waals surface area contributed by atoms with Gasteiger partial charge >= 0.3 is 5.97 Å². The number of hydrogen-bond donors (Lipinski definition) is 1. The van der Waals surface area contributed by atoms with E-state index in [1.54, 1.807) is 0 Å². The lowest BCUT2D eigenvalue weighted by Gasteiger charge is -2.50. The molecule has 0 aromatic heterocycles. The molecular weight excluding hydrogens is 356 g/mol. The molecule has 2 rings (SSSR count). The molecule has 1 saturated carbocycles. The van der Waals surface area contributed by atoms with Crippen LogP contribution in [0.4, 0.5) is 0 Å². The predicted molar refractivity (Wildman–Crippen MR) is 112 cm³/mol. The van der Waals surface area contributed by atoms with Crippen molar-refractivity contribution in [2.75, 3.05) is 7.11 Å². The second-order valence-electron chi connectivity index (χ2n) is 9.80. The summed E-state index contributed by atoms with van der Waals surface area (Å²) in [6, 6.07) is 0. The van der Waals surface area contributed by atoms with Crippen LogP contribution in [0.3, 0.4) is 0 Å². The van der Waals surface area contributed by atoms with E-state index in [2.05, 4.69) is 47.6 Å². The zero-order valence-electron chi connectivity index (χ0n) is 18.5. The van der Waals surface area contributed by atoms with Gasteiger partial charge in [0.25, 0.3) is 0 Å². The molecule has 0 unspecified atom stereocenters. The third kappa shape index (κ3) is 3.67. The molecule has 4 nitrogen and oxygen atoms in total. The minimum atomic E-state index is -2.05. The Morgan fingerprint density at radius 2 is 1.63 bits per heavy atom. The summed E-state index contributed by atoms with van der Waals surface area (Å²) in [6.07, 6.45) is 7.15. The van der Waals surface area contributed by atoms with Crippen molar-refractivity contribution in [3.63, 3.8) is 0 Å². The van der Waals surface area contributed by atoms with Crippen LogP contribution in [0.15, 0.2) is 12.2 Å². The van der Waals surface area contributed by atoms with Crippen molar-refractivity contribution in [3.8, 4) is 0 Å². The summed E-state index contributed by atoms with van der Waals surface area (Å²) < 4.78 is 12.1. The fourth-order valence-corrected chi connectivity index (χ4v) is 11.6. The maximum Gasteiger partial charge on any atom is 0.312 e. The second-order valence-corrected chi connectivity index (χ2v) is 15.2. The van der Waals surface area contributed by atoms with Crippen molar-refractivity contribution >= 4 is 14.3 Å². The number of carbonyl (C=O) groups excluding carboxylic acids is 1. The molecule has 0 heterocycles. The van der Waals surface area contributed by atoms with Crippen LogP contribution in [0.5, 0.6) is 0 Å². The lowest BCUT2D eigenvalue weighted by atomic mass is 9.66. The molecular formula is C22H40O4Si. The quantitative estimate of drug-likeness (QED) is 0.380. The van der Waals surface area contributed by atoms with Crippen molar-refractivity contribution in [2.45, 2.75) is 102 Å². The van der Waals surface area contributed by atoms with Gasteiger partial charge in [-0.1, -0.05) is 53.7 Å². The minimum absolute atomic E-state index is 0.0150. The summed E-state index contributed by atoms with van der Waals surface area (Å²) in [7, 11) is -0.611. The molecule has 0 aromatic carbocycles. The summed E-state index contributed by atoms with van der Waals surface area (Å²) in [6.45, 7) is 15.8. The van der Waals surface area contributed by atoms with Gasteiger partial charge in [-0.25, -0.2) is 0 Å². The first-order valence-corrected chi connectivity index (χ1v) is 12.8. The topological polar surface area (TPSA) is 55.8 Å². The first kappa shape index (κ1) is 22.6.